The topological polar surface area (TPSA) is 21.3 Å². The lowest BCUT2D eigenvalue weighted by molar-refractivity contribution is 0.171. The molecule has 0 aliphatic rings. The summed E-state index contributed by atoms with van der Waals surface area (Å²) < 4.78 is 19.2. The molecule has 0 spiro atoms. The van der Waals surface area contributed by atoms with E-state index in [2.05, 4.69) is 21.2 Å². The lowest BCUT2D eigenvalue weighted by Crippen LogP contribution is -2.29. The monoisotopic (exact) mass is 275 g/mol. The number of benzene rings is 1. The van der Waals surface area contributed by atoms with Gasteiger partial charge in [0.1, 0.15) is 5.82 Å². The molecule has 15 heavy (non-hydrogen) atoms. The molecule has 0 saturated carbocycles. The van der Waals surface area contributed by atoms with Crippen LogP contribution < -0.4 is 5.32 Å². The maximum Gasteiger partial charge on any atom is 0.127 e. The molecule has 1 atom stereocenters. The molecule has 0 radical (unpaired) electrons. The molecule has 0 bridgehead atoms. The normalized spacial score (nSPS) is 12.8. The van der Waals surface area contributed by atoms with E-state index in [1.54, 1.807) is 19.2 Å². The molecule has 0 amide bonds. The molecule has 0 aliphatic carbocycles. The zero-order valence-electron chi connectivity index (χ0n) is 8.89. The highest BCUT2D eigenvalue weighted by atomic mass is 79.9. The van der Waals surface area contributed by atoms with E-state index in [1.165, 1.54) is 6.07 Å². The third-order valence-corrected chi connectivity index (χ3v) is 2.56. The van der Waals surface area contributed by atoms with Crippen LogP contribution in [0, 0.1) is 5.82 Å². The number of halogens is 2. The summed E-state index contributed by atoms with van der Waals surface area (Å²) >= 11 is 3.31. The van der Waals surface area contributed by atoms with Crippen LogP contribution in [0.1, 0.15) is 12.5 Å². The SMILES string of the molecule is COC[C@H](C)NCc1cc(Br)ccc1F. The van der Waals surface area contributed by atoms with Crippen LogP contribution in [0.2, 0.25) is 0 Å². The van der Waals surface area contributed by atoms with Crippen LogP contribution in [0.4, 0.5) is 4.39 Å². The van der Waals surface area contributed by atoms with Crippen molar-refractivity contribution in [3.63, 3.8) is 0 Å². The molecule has 0 fully saturated rings. The number of hydrogen-bond donors (Lipinski definition) is 1. The first-order valence-electron chi connectivity index (χ1n) is 4.79. The quantitative estimate of drug-likeness (QED) is 0.892. The van der Waals surface area contributed by atoms with Crippen molar-refractivity contribution in [2.45, 2.75) is 19.5 Å². The van der Waals surface area contributed by atoms with Gasteiger partial charge in [-0.2, -0.15) is 0 Å². The fourth-order valence-corrected chi connectivity index (χ4v) is 1.68. The van der Waals surface area contributed by atoms with Crippen LogP contribution in [0.25, 0.3) is 0 Å². The van der Waals surface area contributed by atoms with Crippen LogP contribution in [0.15, 0.2) is 22.7 Å². The van der Waals surface area contributed by atoms with Crippen molar-refractivity contribution in [1.29, 1.82) is 0 Å². The minimum atomic E-state index is -0.185. The van der Waals surface area contributed by atoms with E-state index in [4.69, 9.17) is 4.74 Å². The Morgan fingerprint density at radius 1 is 1.53 bits per heavy atom. The summed E-state index contributed by atoms with van der Waals surface area (Å²) in [6, 6.07) is 5.15. The maximum absolute atomic E-state index is 13.3. The Labute approximate surface area is 98.0 Å². The van der Waals surface area contributed by atoms with Gasteiger partial charge in [0.25, 0.3) is 0 Å². The van der Waals surface area contributed by atoms with Crippen molar-refractivity contribution in [2.24, 2.45) is 0 Å². The van der Waals surface area contributed by atoms with Crippen LogP contribution in [-0.2, 0) is 11.3 Å². The van der Waals surface area contributed by atoms with Gasteiger partial charge in [-0.05, 0) is 25.1 Å². The van der Waals surface area contributed by atoms with Gasteiger partial charge >= 0.3 is 0 Å². The first-order chi connectivity index (χ1) is 7.13. The molecular formula is C11H15BrFNO. The van der Waals surface area contributed by atoms with Gasteiger partial charge in [-0.25, -0.2) is 4.39 Å². The fraction of sp³-hybridized carbons (Fsp3) is 0.455. The van der Waals surface area contributed by atoms with E-state index in [1.807, 2.05) is 6.92 Å². The number of ether oxygens (including phenoxy) is 1. The van der Waals surface area contributed by atoms with E-state index < -0.39 is 0 Å². The van der Waals surface area contributed by atoms with Crippen molar-refractivity contribution in [3.8, 4) is 0 Å². The summed E-state index contributed by atoms with van der Waals surface area (Å²) in [4.78, 5) is 0. The molecule has 0 aliphatic heterocycles. The fourth-order valence-electron chi connectivity index (χ4n) is 1.27. The molecule has 4 heteroatoms. The zero-order chi connectivity index (χ0) is 11.3. The van der Waals surface area contributed by atoms with Crippen LogP contribution in [0.3, 0.4) is 0 Å². The Kier molecular flexibility index (Phi) is 5.22. The minimum absolute atomic E-state index is 0.185. The van der Waals surface area contributed by atoms with E-state index >= 15 is 0 Å². The number of hydrogen-bond acceptors (Lipinski definition) is 2. The van der Waals surface area contributed by atoms with Crippen molar-refractivity contribution < 1.29 is 9.13 Å². The van der Waals surface area contributed by atoms with Gasteiger partial charge < -0.3 is 10.1 Å². The maximum atomic E-state index is 13.3. The highest BCUT2D eigenvalue weighted by molar-refractivity contribution is 9.10. The molecule has 0 heterocycles. The van der Waals surface area contributed by atoms with Crippen molar-refractivity contribution in [2.75, 3.05) is 13.7 Å². The van der Waals surface area contributed by atoms with E-state index in [9.17, 15) is 4.39 Å². The van der Waals surface area contributed by atoms with Gasteiger partial charge in [0, 0.05) is 29.7 Å². The predicted octanol–water partition coefficient (Wildman–Crippen LogP) is 2.71. The summed E-state index contributed by atoms with van der Waals surface area (Å²) in [7, 11) is 1.65. The Morgan fingerprint density at radius 3 is 2.93 bits per heavy atom. The first-order valence-corrected chi connectivity index (χ1v) is 5.59. The van der Waals surface area contributed by atoms with Crippen molar-refractivity contribution in [3.05, 3.63) is 34.1 Å². The summed E-state index contributed by atoms with van der Waals surface area (Å²) in [5, 5.41) is 3.18. The molecule has 0 aromatic heterocycles. The lowest BCUT2D eigenvalue weighted by Gasteiger charge is -2.13. The minimum Gasteiger partial charge on any atom is -0.383 e. The van der Waals surface area contributed by atoms with Gasteiger partial charge in [-0.3, -0.25) is 0 Å². The second-order valence-corrected chi connectivity index (χ2v) is 4.39. The van der Waals surface area contributed by atoms with Crippen molar-refractivity contribution >= 4 is 15.9 Å². The number of methoxy groups -OCH3 is 1. The van der Waals surface area contributed by atoms with E-state index in [0.717, 1.165) is 4.47 Å². The molecule has 2 nitrogen and oxygen atoms in total. The van der Waals surface area contributed by atoms with Gasteiger partial charge in [0.2, 0.25) is 0 Å². The van der Waals surface area contributed by atoms with Crippen LogP contribution in [0.5, 0.6) is 0 Å². The second-order valence-electron chi connectivity index (χ2n) is 3.47. The average molecular weight is 276 g/mol. The average Bonchev–Trinajstić information content (AvgIpc) is 2.20. The Morgan fingerprint density at radius 2 is 2.27 bits per heavy atom. The third-order valence-electron chi connectivity index (χ3n) is 2.07. The van der Waals surface area contributed by atoms with Crippen LogP contribution >= 0.6 is 15.9 Å². The van der Waals surface area contributed by atoms with Gasteiger partial charge in [0.05, 0.1) is 6.61 Å². The molecule has 1 aromatic rings. The largest absolute Gasteiger partial charge is 0.383 e. The molecule has 1 aromatic carbocycles. The summed E-state index contributed by atoms with van der Waals surface area (Å²) in [6.07, 6.45) is 0. The highest BCUT2D eigenvalue weighted by Gasteiger charge is 2.05. The number of rotatable bonds is 5. The highest BCUT2D eigenvalue weighted by Crippen LogP contribution is 2.15. The Hall–Kier alpha value is -0.450. The first kappa shape index (κ1) is 12.6. The second kappa shape index (κ2) is 6.20. The van der Waals surface area contributed by atoms with Gasteiger partial charge in [0.15, 0.2) is 0 Å². The smallest absolute Gasteiger partial charge is 0.127 e. The molecule has 84 valence electrons. The standard InChI is InChI=1S/C11H15BrFNO/c1-8(7-15-2)14-6-9-5-10(12)3-4-11(9)13/h3-5,8,14H,6-7H2,1-2H3/t8-/m0/s1. The molecule has 0 saturated heterocycles. The molecule has 1 rings (SSSR count). The molecule has 0 unspecified atom stereocenters. The lowest BCUT2D eigenvalue weighted by atomic mass is 10.2. The summed E-state index contributed by atoms with van der Waals surface area (Å²) in [5.41, 5.74) is 0.660. The Balaban J connectivity index is 2.53. The zero-order valence-corrected chi connectivity index (χ0v) is 10.5. The predicted molar refractivity (Wildman–Crippen MR) is 62.3 cm³/mol. The summed E-state index contributed by atoms with van der Waals surface area (Å²) in [5.74, 6) is -0.185. The number of nitrogens with one attached hydrogen (secondary N) is 1. The van der Waals surface area contributed by atoms with E-state index in [0.29, 0.717) is 18.7 Å². The van der Waals surface area contributed by atoms with Crippen LogP contribution in [-0.4, -0.2) is 19.8 Å². The third kappa shape index (κ3) is 4.28. The van der Waals surface area contributed by atoms with Gasteiger partial charge in [-0.1, -0.05) is 15.9 Å². The van der Waals surface area contributed by atoms with Gasteiger partial charge in [-0.15, -0.1) is 0 Å². The Bertz CT molecular complexity index is 319. The summed E-state index contributed by atoms with van der Waals surface area (Å²) in [6.45, 7) is 3.13. The molecule has 1 N–H and O–H groups in total. The van der Waals surface area contributed by atoms with Crippen molar-refractivity contribution in [1.82, 2.24) is 5.32 Å². The van der Waals surface area contributed by atoms with E-state index in [-0.39, 0.29) is 11.9 Å². The molecular weight excluding hydrogens is 261 g/mol.